The van der Waals surface area contributed by atoms with Crippen molar-refractivity contribution in [1.29, 1.82) is 0 Å². The lowest BCUT2D eigenvalue weighted by Crippen LogP contribution is -2.29. The molecule has 0 saturated carbocycles. The Morgan fingerprint density at radius 2 is 1.67 bits per heavy atom. The van der Waals surface area contributed by atoms with Crippen LogP contribution in [0.5, 0.6) is 0 Å². The quantitative estimate of drug-likeness (QED) is 0.454. The number of halogens is 1. The number of hydrogen-bond acceptors (Lipinski definition) is 5. The van der Waals surface area contributed by atoms with E-state index in [2.05, 4.69) is 25.0 Å². The van der Waals surface area contributed by atoms with Gasteiger partial charge in [0.05, 0.1) is 0 Å². The molecule has 7 heteroatoms. The largest absolute Gasteiger partial charge is 0.459 e. The number of esters is 1. The van der Waals surface area contributed by atoms with Gasteiger partial charge in [0.25, 0.3) is 0 Å². The first-order valence-corrected chi connectivity index (χ1v) is 6.77. The van der Waals surface area contributed by atoms with Crippen LogP contribution in [0.15, 0.2) is 0 Å². The van der Waals surface area contributed by atoms with Crippen molar-refractivity contribution in [3.05, 3.63) is 0 Å². The van der Waals surface area contributed by atoms with E-state index in [1.807, 2.05) is 0 Å². The summed E-state index contributed by atoms with van der Waals surface area (Å²) in [6.45, 7) is 5.15. The Morgan fingerprint density at radius 3 is 1.93 bits per heavy atom. The van der Waals surface area contributed by atoms with E-state index in [4.69, 9.17) is 4.74 Å². The normalized spacial score (nSPS) is 14.8. The van der Waals surface area contributed by atoms with Crippen molar-refractivity contribution < 1.29 is 23.1 Å². The molecule has 0 N–H and O–H groups in total. The van der Waals surface area contributed by atoms with Gasteiger partial charge in [-0.15, -0.1) is 0 Å². The third-order valence-corrected chi connectivity index (χ3v) is 5.05. The van der Waals surface area contributed by atoms with Crippen LogP contribution in [0.2, 0.25) is 0 Å². The fourth-order valence-electron chi connectivity index (χ4n) is 0.739. The molecule has 0 aromatic carbocycles. The summed E-state index contributed by atoms with van der Waals surface area (Å²) in [5, 5.41) is 0. The van der Waals surface area contributed by atoms with E-state index >= 15 is 0 Å². The van der Waals surface area contributed by atoms with E-state index in [0.717, 1.165) is 0 Å². The molecule has 1 atom stereocenters. The molecule has 0 aliphatic carbocycles. The molecule has 0 rings (SSSR count). The van der Waals surface area contributed by atoms with E-state index in [-0.39, 0.29) is 0 Å². The van der Waals surface area contributed by atoms with Crippen LogP contribution in [0.4, 0.5) is 0 Å². The van der Waals surface area contributed by atoms with Crippen molar-refractivity contribution >= 4 is 29.5 Å². The first-order chi connectivity index (χ1) is 6.66. The van der Waals surface area contributed by atoms with Crippen LogP contribution in [-0.4, -0.2) is 30.4 Å². The Bertz CT molecular complexity index is 265. The first-order valence-electron chi connectivity index (χ1n) is 4.24. The summed E-state index contributed by atoms with van der Waals surface area (Å²) < 4.78 is 25.0. The van der Waals surface area contributed by atoms with Crippen molar-refractivity contribution in [3.63, 3.8) is 0 Å². The number of carbonyl (C=O) groups is 1. The Morgan fingerprint density at radius 1 is 1.27 bits per heavy atom. The lowest BCUT2D eigenvalue weighted by molar-refractivity contribution is -0.152. The van der Waals surface area contributed by atoms with Crippen molar-refractivity contribution in [3.8, 4) is 0 Å². The summed E-state index contributed by atoms with van der Waals surface area (Å²) in [6.07, 6.45) is 0. The molecule has 0 unspecified atom stereocenters. The third-order valence-electron chi connectivity index (χ3n) is 1.39. The van der Waals surface area contributed by atoms with Crippen LogP contribution in [0.3, 0.4) is 0 Å². The van der Waals surface area contributed by atoms with E-state index in [0.29, 0.717) is 0 Å². The Balaban J connectivity index is 4.65. The average molecular weight is 303 g/mol. The molecule has 0 bridgehead atoms. The minimum Gasteiger partial charge on any atom is -0.459 e. The molecule has 0 aliphatic rings. The molecule has 0 aliphatic heterocycles. The zero-order valence-corrected chi connectivity index (χ0v) is 11.9. The van der Waals surface area contributed by atoms with Gasteiger partial charge in [-0.05, 0) is 20.8 Å². The molecule has 0 aromatic heterocycles. The highest BCUT2D eigenvalue weighted by Crippen LogP contribution is 2.54. The monoisotopic (exact) mass is 302 g/mol. The van der Waals surface area contributed by atoms with Gasteiger partial charge in [0.15, 0.2) is 0 Å². The Labute approximate surface area is 98.1 Å². The van der Waals surface area contributed by atoms with Gasteiger partial charge >= 0.3 is 13.6 Å². The topological polar surface area (TPSA) is 61.8 Å². The molecule has 0 aromatic rings. The summed E-state index contributed by atoms with van der Waals surface area (Å²) in [6, 6.07) is 0. The first kappa shape index (κ1) is 15.1. The molecular formula is C8H16BrO5P. The summed E-state index contributed by atoms with van der Waals surface area (Å²) in [5.74, 6) is -0.672. The van der Waals surface area contributed by atoms with Crippen LogP contribution in [0.1, 0.15) is 20.8 Å². The summed E-state index contributed by atoms with van der Waals surface area (Å²) >= 11 is 2.95. The number of hydrogen-bond donors (Lipinski definition) is 0. The molecule has 0 heterocycles. The number of ether oxygens (including phenoxy) is 1. The Hall–Kier alpha value is 0.100. The molecule has 0 spiro atoms. The van der Waals surface area contributed by atoms with Gasteiger partial charge in [0.1, 0.15) is 5.60 Å². The fraction of sp³-hybridized carbons (Fsp3) is 0.875. The summed E-state index contributed by atoms with van der Waals surface area (Å²) in [7, 11) is -1.05. The number of alkyl halides is 1. The Kier molecular flexibility index (Phi) is 5.47. The number of rotatable bonds is 4. The average Bonchev–Trinajstić information content (AvgIpc) is 2.12. The van der Waals surface area contributed by atoms with E-state index in [1.165, 1.54) is 14.2 Å². The maximum Gasteiger partial charge on any atom is 0.355 e. The standard InChI is InChI=1S/C8H16BrO5P/c1-8(2,3)14-7(10)6(9)15(11,12-4)13-5/h6H,1-5H3/t6-/m0/s1. The van der Waals surface area contributed by atoms with Gasteiger partial charge in [0.2, 0.25) is 4.57 Å². The van der Waals surface area contributed by atoms with Crippen LogP contribution in [0.25, 0.3) is 0 Å². The number of carbonyl (C=O) groups excluding carboxylic acids is 1. The SMILES string of the molecule is COP(=O)(OC)[C@H](Br)C(=O)OC(C)(C)C. The van der Waals surface area contributed by atoms with E-state index in [1.54, 1.807) is 20.8 Å². The zero-order chi connectivity index (χ0) is 12.3. The molecule has 0 saturated heterocycles. The smallest absolute Gasteiger partial charge is 0.355 e. The lowest BCUT2D eigenvalue weighted by atomic mass is 10.2. The highest BCUT2D eigenvalue weighted by atomic mass is 79.9. The molecule has 90 valence electrons. The van der Waals surface area contributed by atoms with Gasteiger partial charge < -0.3 is 13.8 Å². The van der Waals surface area contributed by atoms with Crippen molar-refractivity contribution in [2.24, 2.45) is 0 Å². The van der Waals surface area contributed by atoms with Crippen LogP contribution >= 0.6 is 23.5 Å². The van der Waals surface area contributed by atoms with Gasteiger partial charge in [-0.1, -0.05) is 15.9 Å². The van der Waals surface area contributed by atoms with Gasteiger partial charge in [0, 0.05) is 14.2 Å². The van der Waals surface area contributed by atoms with Crippen molar-refractivity contribution in [1.82, 2.24) is 0 Å². The zero-order valence-electron chi connectivity index (χ0n) is 9.44. The fourth-order valence-corrected chi connectivity index (χ4v) is 2.67. The van der Waals surface area contributed by atoms with Crippen LogP contribution in [0, 0.1) is 0 Å². The highest BCUT2D eigenvalue weighted by molar-refractivity contribution is 9.11. The predicted octanol–water partition coefficient (Wildman–Crippen LogP) is 2.54. The summed E-state index contributed by atoms with van der Waals surface area (Å²) in [5.41, 5.74) is -0.643. The van der Waals surface area contributed by atoms with E-state index in [9.17, 15) is 9.36 Å². The minimum absolute atomic E-state index is 0.643. The highest BCUT2D eigenvalue weighted by Gasteiger charge is 2.40. The molecule has 0 fully saturated rings. The van der Waals surface area contributed by atoms with Crippen LogP contribution in [-0.2, 0) is 23.1 Å². The maximum absolute atomic E-state index is 11.8. The van der Waals surface area contributed by atoms with Crippen molar-refractivity contribution in [2.75, 3.05) is 14.2 Å². The predicted molar refractivity (Wildman–Crippen MR) is 60.2 cm³/mol. The van der Waals surface area contributed by atoms with Crippen molar-refractivity contribution in [2.45, 2.75) is 30.9 Å². The second-order valence-corrected chi connectivity index (χ2v) is 7.72. The minimum atomic E-state index is -3.47. The molecule has 15 heavy (non-hydrogen) atoms. The molecule has 0 radical (unpaired) electrons. The van der Waals surface area contributed by atoms with Gasteiger partial charge in [-0.3, -0.25) is 9.36 Å². The maximum atomic E-state index is 11.8. The lowest BCUT2D eigenvalue weighted by Gasteiger charge is -2.24. The van der Waals surface area contributed by atoms with Gasteiger partial charge in [-0.2, -0.15) is 0 Å². The molecule has 0 amide bonds. The molecule has 5 nitrogen and oxygen atoms in total. The summed E-state index contributed by atoms with van der Waals surface area (Å²) in [4.78, 5) is 11.5. The van der Waals surface area contributed by atoms with E-state index < -0.39 is 23.7 Å². The second-order valence-electron chi connectivity index (χ2n) is 3.77. The van der Waals surface area contributed by atoms with Crippen LogP contribution < -0.4 is 0 Å². The van der Waals surface area contributed by atoms with Gasteiger partial charge in [-0.25, -0.2) is 0 Å². The second kappa shape index (κ2) is 5.43. The third kappa shape index (κ3) is 4.64. The molecular weight excluding hydrogens is 287 g/mol.